The lowest BCUT2D eigenvalue weighted by molar-refractivity contribution is -0.142. The van der Waals surface area contributed by atoms with Crippen molar-refractivity contribution in [1.29, 1.82) is 0 Å². The highest BCUT2D eigenvalue weighted by Crippen LogP contribution is 2.27. The zero-order valence-electron chi connectivity index (χ0n) is 11.9. The Kier molecular flexibility index (Phi) is 5.64. The Morgan fingerprint density at radius 2 is 1.68 bits per heavy atom. The monoisotopic (exact) mass is 268 g/mol. The van der Waals surface area contributed by atoms with Crippen LogP contribution in [0.1, 0.15) is 57.8 Å². The fraction of sp³-hybridized carbons (Fsp3) is 0.933. The highest BCUT2D eigenvalue weighted by Gasteiger charge is 2.30. The first-order valence-electron chi connectivity index (χ1n) is 7.91. The molecule has 0 aromatic carbocycles. The predicted molar refractivity (Wildman–Crippen MR) is 75.6 cm³/mol. The van der Waals surface area contributed by atoms with Gasteiger partial charge in [-0.25, -0.2) is 0 Å². The molecule has 110 valence electrons. The van der Waals surface area contributed by atoms with Crippen LogP contribution in [0.5, 0.6) is 0 Å². The molecule has 0 bridgehead atoms. The van der Waals surface area contributed by atoms with Crippen molar-refractivity contribution in [3.05, 3.63) is 0 Å². The smallest absolute Gasteiger partial charge is 0.253 e. The molecule has 1 amide bonds. The molecule has 4 nitrogen and oxygen atoms in total. The topological polar surface area (TPSA) is 66.6 Å². The lowest BCUT2D eigenvalue weighted by Gasteiger charge is -2.32. The molecule has 0 aromatic heterocycles. The summed E-state index contributed by atoms with van der Waals surface area (Å²) in [6, 6.07) is -0.391. The van der Waals surface area contributed by atoms with Crippen molar-refractivity contribution in [1.82, 2.24) is 4.90 Å². The molecule has 1 heterocycles. The maximum atomic E-state index is 12.2. The van der Waals surface area contributed by atoms with Gasteiger partial charge in [0.15, 0.2) is 0 Å². The number of amides is 1. The summed E-state index contributed by atoms with van der Waals surface area (Å²) in [6.07, 6.45) is 9.36. The summed E-state index contributed by atoms with van der Waals surface area (Å²) in [6.45, 7) is 1.57. The first kappa shape index (κ1) is 14.8. The zero-order valence-corrected chi connectivity index (χ0v) is 11.9. The van der Waals surface area contributed by atoms with Crippen molar-refractivity contribution in [2.75, 3.05) is 13.1 Å². The van der Waals surface area contributed by atoms with Crippen LogP contribution in [0.15, 0.2) is 0 Å². The number of nitrogens with zero attached hydrogens (tertiary/aromatic N) is 1. The predicted octanol–water partition coefficient (Wildman–Crippen LogP) is 1.66. The molecule has 1 aliphatic carbocycles. The Hall–Kier alpha value is -0.610. The Morgan fingerprint density at radius 1 is 1.11 bits per heavy atom. The van der Waals surface area contributed by atoms with Gasteiger partial charge in [-0.15, -0.1) is 0 Å². The van der Waals surface area contributed by atoms with E-state index in [0.717, 1.165) is 32.4 Å². The Balaban J connectivity index is 1.79. The van der Waals surface area contributed by atoms with Crippen LogP contribution >= 0.6 is 0 Å². The van der Waals surface area contributed by atoms with Crippen molar-refractivity contribution in [3.8, 4) is 0 Å². The van der Waals surface area contributed by atoms with E-state index in [9.17, 15) is 9.90 Å². The van der Waals surface area contributed by atoms with Crippen molar-refractivity contribution < 1.29 is 9.90 Å². The number of hydrogen-bond acceptors (Lipinski definition) is 3. The van der Waals surface area contributed by atoms with E-state index in [1.54, 1.807) is 4.90 Å². The Morgan fingerprint density at radius 3 is 2.32 bits per heavy atom. The summed E-state index contributed by atoms with van der Waals surface area (Å²) in [5.41, 5.74) is 6.06. The number of hydrogen-bond donors (Lipinski definition) is 2. The molecular formula is C15H28N2O2. The van der Waals surface area contributed by atoms with Crippen LogP contribution in [0.4, 0.5) is 0 Å². The molecule has 2 aliphatic rings. The second kappa shape index (κ2) is 7.25. The van der Waals surface area contributed by atoms with Crippen molar-refractivity contribution in [2.45, 2.75) is 69.9 Å². The van der Waals surface area contributed by atoms with Gasteiger partial charge in [0.2, 0.25) is 0 Å². The van der Waals surface area contributed by atoms with Crippen molar-refractivity contribution in [2.24, 2.45) is 11.7 Å². The third kappa shape index (κ3) is 4.18. The minimum atomic E-state index is -1.000. The highest BCUT2D eigenvalue weighted by molar-refractivity contribution is 5.81. The normalized spacial score (nSPS) is 25.1. The summed E-state index contributed by atoms with van der Waals surface area (Å²) in [4.78, 5) is 14.0. The van der Waals surface area contributed by atoms with Gasteiger partial charge in [0.05, 0.1) is 0 Å². The number of aliphatic hydroxyl groups excluding tert-OH is 1. The molecule has 1 saturated carbocycles. The van der Waals surface area contributed by atoms with E-state index in [4.69, 9.17) is 5.73 Å². The van der Waals surface area contributed by atoms with Gasteiger partial charge in [0, 0.05) is 19.1 Å². The molecule has 1 aliphatic heterocycles. The lowest BCUT2D eigenvalue weighted by atomic mass is 9.84. The van der Waals surface area contributed by atoms with Crippen LogP contribution in [0.2, 0.25) is 0 Å². The Bertz CT molecular complexity index is 284. The van der Waals surface area contributed by atoms with Crippen molar-refractivity contribution >= 4 is 5.91 Å². The van der Waals surface area contributed by atoms with Gasteiger partial charge >= 0.3 is 0 Å². The third-order valence-electron chi connectivity index (χ3n) is 4.66. The number of nitrogens with two attached hydrogens (primary N) is 1. The van der Waals surface area contributed by atoms with E-state index in [1.807, 2.05) is 0 Å². The van der Waals surface area contributed by atoms with Gasteiger partial charge < -0.3 is 15.7 Å². The molecule has 0 spiro atoms. The van der Waals surface area contributed by atoms with E-state index >= 15 is 0 Å². The molecule has 2 atom stereocenters. The second-order valence-corrected chi connectivity index (χ2v) is 6.23. The SMILES string of the molecule is N[C@H](CC1CCCCC1)C(O)C(=O)N1CCCCC1. The van der Waals surface area contributed by atoms with Crippen LogP contribution in [-0.2, 0) is 4.79 Å². The molecule has 2 rings (SSSR count). The van der Waals surface area contributed by atoms with Gasteiger partial charge in [-0.2, -0.15) is 0 Å². The summed E-state index contributed by atoms with van der Waals surface area (Å²) in [5.74, 6) is 0.454. The average Bonchev–Trinajstić information content (AvgIpc) is 2.47. The molecular weight excluding hydrogens is 240 g/mol. The van der Waals surface area contributed by atoms with Crippen LogP contribution in [0.3, 0.4) is 0 Å². The summed E-state index contributed by atoms with van der Waals surface area (Å²) >= 11 is 0. The maximum Gasteiger partial charge on any atom is 0.253 e. The number of piperidine rings is 1. The van der Waals surface area contributed by atoms with Gasteiger partial charge in [0.1, 0.15) is 6.10 Å². The van der Waals surface area contributed by atoms with E-state index in [-0.39, 0.29) is 5.91 Å². The minimum Gasteiger partial charge on any atom is -0.382 e. The standard InChI is InChI=1S/C15H28N2O2/c16-13(11-12-7-3-1-4-8-12)14(18)15(19)17-9-5-2-6-10-17/h12-14,18H,1-11,16H2/t13-,14?/m1/s1. The van der Waals surface area contributed by atoms with Crippen LogP contribution in [-0.4, -0.2) is 41.1 Å². The molecule has 1 unspecified atom stereocenters. The van der Waals surface area contributed by atoms with Gasteiger partial charge in [-0.1, -0.05) is 32.1 Å². The number of carbonyl (C=O) groups excluding carboxylic acids is 1. The first-order valence-corrected chi connectivity index (χ1v) is 7.91. The highest BCUT2D eigenvalue weighted by atomic mass is 16.3. The molecule has 2 fully saturated rings. The summed E-state index contributed by atoms with van der Waals surface area (Å²) in [7, 11) is 0. The summed E-state index contributed by atoms with van der Waals surface area (Å²) in [5, 5.41) is 10.2. The van der Waals surface area contributed by atoms with E-state index in [0.29, 0.717) is 5.92 Å². The third-order valence-corrected chi connectivity index (χ3v) is 4.66. The van der Waals surface area contributed by atoms with Gasteiger partial charge in [-0.3, -0.25) is 4.79 Å². The molecule has 4 heteroatoms. The largest absolute Gasteiger partial charge is 0.382 e. The average molecular weight is 268 g/mol. The number of rotatable bonds is 4. The van der Waals surface area contributed by atoms with E-state index in [2.05, 4.69) is 0 Å². The zero-order chi connectivity index (χ0) is 13.7. The number of carbonyl (C=O) groups is 1. The van der Waals surface area contributed by atoms with E-state index < -0.39 is 12.1 Å². The second-order valence-electron chi connectivity index (χ2n) is 6.23. The summed E-state index contributed by atoms with van der Waals surface area (Å²) < 4.78 is 0. The minimum absolute atomic E-state index is 0.150. The van der Waals surface area contributed by atoms with Crippen LogP contribution in [0, 0.1) is 5.92 Å². The van der Waals surface area contributed by atoms with Crippen LogP contribution < -0.4 is 5.73 Å². The molecule has 0 radical (unpaired) electrons. The van der Waals surface area contributed by atoms with Gasteiger partial charge in [0.25, 0.3) is 5.91 Å². The van der Waals surface area contributed by atoms with Gasteiger partial charge in [-0.05, 0) is 31.6 Å². The fourth-order valence-electron chi connectivity index (χ4n) is 3.42. The molecule has 1 saturated heterocycles. The quantitative estimate of drug-likeness (QED) is 0.815. The lowest BCUT2D eigenvalue weighted by Crippen LogP contribution is -2.50. The molecule has 0 aromatic rings. The van der Waals surface area contributed by atoms with Crippen LogP contribution in [0.25, 0.3) is 0 Å². The number of likely N-dealkylation sites (tertiary alicyclic amines) is 1. The van der Waals surface area contributed by atoms with E-state index in [1.165, 1.54) is 38.5 Å². The Labute approximate surface area is 116 Å². The first-order chi connectivity index (χ1) is 9.18. The fourth-order valence-corrected chi connectivity index (χ4v) is 3.42. The molecule has 19 heavy (non-hydrogen) atoms. The number of aliphatic hydroxyl groups is 1. The maximum absolute atomic E-state index is 12.2. The van der Waals surface area contributed by atoms with Crippen molar-refractivity contribution in [3.63, 3.8) is 0 Å². The molecule has 3 N–H and O–H groups in total.